The second kappa shape index (κ2) is 7.80. The first-order valence-electron chi connectivity index (χ1n) is 9.18. The van der Waals surface area contributed by atoms with Crippen LogP contribution in [0.25, 0.3) is 10.8 Å². The number of rotatable bonds is 6. The number of hydrogen-bond donors (Lipinski definition) is 1. The molecule has 1 fully saturated rings. The van der Waals surface area contributed by atoms with E-state index in [1.807, 2.05) is 24.3 Å². The summed E-state index contributed by atoms with van der Waals surface area (Å²) in [5, 5.41) is 5.36. The summed E-state index contributed by atoms with van der Waals surface area (Å²) in [6.45, 7) is 5.32. The molecule has 0 heterocycles. The number of carbonyl (C=O) groups is 1. The molecule has 1 amide bonds. The topological polar surface area (TPSA) is 32.3 Å². The number of amides is 1. The SMILES string of the molecule is CC(C)N(CCC(=O)Nc1cccc2ccccc12)C1CCCC1. The average molecular weight is 324 g/mol. The third-order valence-corrected chi connectivity index (χ3v) is 5.12. The van der Waals surface area contributed by atoms with Crippen LogP contribution in [0.4, 0.5) is 5.69 Å². The zero-order valence-electron chi connectivity index (χ0n) is 14.8. The fraction of sp³-hybridized carbons (Fsp3) is 0.476. The molecule has 0 radical (unpaired) electrons. The van der Waals surface area contributed by atoms with E-state index in [9.17, 15) is 4.79 Å². The molecular weight excluding hydrogens is 296 g/mol. The third kappa shape index (κ3) is 3.96. The predicted octanol–water partition coefficient (Wildman–Crippen LogP) is 4.82. The van der Waals surface area contributed by atoms with Crippen LogP contribution in [-0.4, -0.2) is 29.4 Å². The Kier molecular flexibility index (Phi) is 5.52. The van der Waals surface area contributed by atoms with Gasteiger partial charge in [-0.25, -0.2) is 0 Å². The van der Waals surface area contributed by atoms with Crippen molar-refractivity contribution in [1.82, 2.24) is 4.90 Å². The molecule has 0 aliphatic heterocycles. The summed E-state index contributed by atoms with van der Waals surface area (Å²) >= 11 is 0. The monoisotopic (exact) mass is 324 g/mol. The minimum atomic E-state index is 0.106. The molecule has 3 nitrogen and oxygen atoms in total. The number of fused-ring (bicyclic) bond motifs is 1. The van der Waals surface area contributed by atoms with E-state index in [0.29, 0.717) is 18.5 Å². The van der Waals surface area contributed by atoms with Gasteiger partial charge in [-0.05, 0) is 38.1 Å². The Morgan fingerprint density at radius 2 is 1.83 bits per heavy atom. The maximum Gasteiger partial charge on any atom is 0.225 e. The summed E-state index contributed by atoms with van der Waals surface area (Å²) < 4.78 is 0. The summed E-state index contributed by atoms with van der Waals surface area (Å²) in [5.74, 6) is 0.106. The lowest BCUT2D eigenvalue weighted by Crippen LogP contribution is -2.40. The first kappa shape index (κ1) is 17.0. The van der Waals surface area contributed by atoms with Crippen LogP contribution in [0, 0.1) is 0 Å². The van der Waals surface area contributed by atoms with E-state index >= 15 is 0 Å². The van der Waals surface area contributed by atoms with Gasteiger partial charge < -0.3 is 5.32 Å². The van der Waals surface area contributed by atoms with Crippen LogP contribution in [0.3, 0.4) is 0 Å². The molecule has 2 aromatic rings. The Labute approximate surface area is 145 Å². The second-order valence-electron chi connectivity index (χ2n) is 7.09. The van der Waals surface area contributed by atoms with Crippen LogP contribution in [0.1, 0.15) is 46.0 Å². The maximum absolute atomic E-state index is 12.5. The van der Waals surface area contributed by atoms with Gasteiger partial charge in [0.2, 0.25) is 5.91 Å². The minimum Gasteiger partial charge on any atom is -0.325 e. The molecule has 24 heavy (non-hydrogen) atoms. The summed E-state index contributed by atoms with van der Waals surface area (Å²) in [5.41, 5.74) is 0.912. The van der Waals surface area contributed by atoms with Gasteiger partial charge in [-0.1, -0.05) is 49.2 Å². The van der Waals surface area contributed by atoms with Gasteiger partial charge in [-0.3, -0.25) is 9.69 Å². The van der Waals surface area contributed by atoms with Crippen molar-refractivity contribution in [2.75, 3.05) is 11.9 Å². The van der Waals surface area contributed by atoms with Crippen LogP contribution in [-0.2, 0) is 4.79 Å². The molecule has 0 unspecified atom stereocenters. The molecule has 0 bridgehead atoms. The molecule has 0 aromatic heterocycles. The quantitative estimate of drug-likeness (QED) is 0.826. The zero-order valence-corrected chi connectivity index (χ0v) is 14.8. The van der Waals surface area contributed by atoms with E-state index in [2.05, 4.69) is 42.3 Å². The van der Waals surface area contributed by atoms with E-state index in [-0.39, 0.29) is 5.91 Å². The first-order chi connectivity index (χ1) is 11.6. The number of benzene rings is 2. The Bertz CT molecular complexity index is 684. The molecule has 3 heteroatoms. The van der Waals surface area contributed by atoms with Gasteiger partial charge in [0.1, 0.15) is 0 Å². The predicted molar refractivity (Wildman–Crippen MR) is 101 cm³/mol. The van der Waals surface area contributed by atoms with Crippen molar-refractivity contribution in [3.8, 4) is 0 Å². The fourth-order valence-corrected chi connectivity index (χ4v) is 3.88. The van der Waals surface area contributed by atoms with Gasteiger partial charge >= 0.3 is 0 Å². The minimum absolute atomic E-state index is 0.106. The molecule has 1 aliphatic carbocycles. The smallest absolute Gasteiger partial charge is 0.225 e. The Morgan fingerprint density at radius 3 is 2.58 bits per heavy atom. The Hall–Kier alpha value is -1.87. The van der Waals surface area contributed by atoms with Gasteiger partial charge in [-0.2, -0.15) is 0 Å². The van der Waals surface area contributed by atoms with Crippen LogP contribution in [0.5, 0.6) is 0 Å². The highest BCUT2D eigenvalue weighted by atomic mass is 16.1. The molecule has 0 atom stereocenters. The average Bonchev–Trinajstić information content (AvgIpc) is 3.09. The summed E-state index contributed by atoms with van der Waals surface area (Å²) in [4.78, 5) is 15.0. The van der Waals surface area contributed by atoms with Crippen molar-refractivity contribution in [3.63, 3.8) is 0 Å². The molecule has 0 spiro atoms. The fourth-order valence-electron chi connectivity index (χ4n) is 3.88. The van der Waals surface area contributed by atoms with E-state index in [4.69, 9.17) is 0 Å². The summed E-state index contributed by atoms with van der Waals surface area (Å²) in [6.07, 6.45) is 5.77. The second-order valence-corrected chi connectivity index (χ2v) is 7.09. The molecule has 1 saturated carbocycles. The third-order valence-electron chi connectivity index (χ3n) is 5.12. The summed E-state index contributed by atoms with van der Waals surface area (Å²) in [6, 6.07) is 15.4. The largest absolute Gasteiger partial charge is 0.325 e. The van der Waals surface area contributed by atoms with Gasteiger partial charge in [0.05, 0.1) is 0 Å². The van der Waals surface area contributed by atoms with Crippen molar-refractivity contribution in [3.05, 3.63) is 42.5 Å². The Morgan fingerprint density at radius 1 is 1.12 bits per heavy atom. The van der Waals surface area contributed by atoms with Crippen molar-refractivity contribution >= 4 is 22.4 Å². The molecule has 2 aromatic carbocycles. The first-order valence-corrected chi connectivity index (χ1v) is 9.18. The number of hydrogen-bond acceptors (Lipinski definition) is 2. The van der Waals surface area contributed by atoms with Crippen LogP contribution >= 0.6 is 0 Å². The standard InChI is InChI=1S/C21H28N2O/c1-16(2)23(18-10-4-5-11-18)15-14-21(24)22-20-13-7-9-17-8-3-6-12-19(17)20/h3,6-9,12-13,16,18H,4-5,10-11,14-15H2,1-2H3,(H,22,24). The van der Waals surface area contributed by atoms with Gasteiger partial charge in [0.15, 0.2) is 0 Å². The van der Waals surface area contributed by atoms with Gasteiger partial charge in [-0.15, -0.1) is 0 Å². The Balaban J connectivity index is 1.62. The van der Waals surface area contributed by atoms with E-state index in [1.54, 1.807) is 0 Å². The van der Waals surface area contributed by atoms with Crippen LogP contribution in [0.15, 0.2) is 42.5 Å². The lowest BCUT2D eigenvalue weighted by atomic mass is 10.1. The van der Waals surface area contributed by atoms with Crippen LogP contribution in [0.2, 0.25) is 0 Å². The summed E-state index contributed by atoms with van der Waals surface area (Å²) in [7, 11) is 0. The normalized spacial score (nSPS) is 15.5. The lowest BCUT2D eigenvalue weighted by molar-refractivity contribution is -0.116. The molecule has 3 rings (SSSR count). The lowest BCUT2D eigenvalue weighted by Gasteiger charge is -2.32. The number of anilines is 1. The zero-order chi connectivity index (χ0) is 16.9. The van der Waals surface area contributed by atoms with E-state index < -0.39 is 0 Å². The molecule has 1 aliphatic rings. The molecule has 0 saturated heterocycles. The van der Waals surface area contributed by atoms with Crippen molar-refractivity contribution < 1.29 is 4.79 Å². The van der Waals surface area contributed by atoms with Crippen molar-refractivity contribution in [2.45, 2.75) is 58.0 Å². The van der Waals surface area contributed by atoms with E-state index in [1.165, 1.54) is 25.7 Å². The van der Waals surface area contributed by atoms with Gasteiger partial charge in [0, 0.05) is 36.1 Å². The van der Waals surface area contributed by atoms with Gasteiger partial charge in [0.25, 0.3) is 0 Å². The van der Waals surface area contributed by atoms with Crippen LogP contribution < -0.4 is 5.32 Å². The highest BCUT2D eigenvalue weighted by Crippen LogP contribution is 2.26. The molecular formula is C21H28N2O. The molecule has 1 N–H and O–H groups in total. The highest BCUT2D eigenvalue weighted by molar-refractivity contribution is 6.02. The van der Waals surface area contributed by atoms with Crippen molar-refractivity contribution in [2.24, 2.45) is 0 Å². The number of nitrogens with zero attached hydrogens (tertiary/aromatic N) is 1. The maximum atomic E-state index is 12.5. The number of carbonyl (C=O) groups excluding carboxylic acids is 1. The van der Waals surface area contributed by atoms with Crippen molar-refractivity contribution in [1.29, 1.82) is 0 Å². The highest BCUT2D eigenvalue weighted by Gasteiger charge is 2.24. The number of nitrogens with one attached hydrogen (secondary N) is 1. The molecule has 128 valence electrons. The van der Waals surface area contributed by atoms with E-state index in [0.717, 1.165) is 23.0 Å².